The molecule has 1 aromatic rings. The number of nitrogens with zero attached hydrogens (tertiary/aromatic N) is 2. The molecule has 1 aromatic carbocycles. The summed E-state index contributed by atoms with van der Waals surface area (Å²) in [6, 6.07) is 3.73. The molecule has 7 heteroatoms. The molecule has 102 valence electrons. The molecule has 7 nitrogen and oxygen atoms in total. The first-order valence-corrected chi connectivity index (χ1v) is 5.57. The first kappa shape index (κ1) is 14.6. The molecule has 0 radical (unpaired) electrons. The monoisotopic (exact) mass is 266 g/mol. The number of nitro benzene ring substituents is 1. The van der Waals surface area contributed by atoms with Crippen LogP contribution >= 0.6 is 0 Å². The summed E-state index contributed by atoms with van der Waals surface area (Å²) >= 11 is 0. The summed E-state index contributed by atoms with van der Waals surface area (Å²) in [6.07, 6.45) is 0. The van der Waals surface area contributed by atoms with E-state index in [4.69, 9.17) is 4.74 Å². The molecule has 0 aliphatic carbocycles. The summed E-state index contributed by atoms with van der Waals surface area (Å²) < 4.78 is 4.79. The molecular weight excluding hydrogens is 252 g/mol. The van der Waals surface area contributed by atoms with Crippen LogP contribution in [0.25, 0.3) is 0 Å². The number of amides is 1. The summed E-state index contributed by atoms with van der Waals surface area (Å²) in [5.41, 5.74) is 0.0394. The second-order valence-corrected chi connectivity index (χ2v) is 3.79. The quantitative estimate of drug-likeness (QED) is 0.470. The van der Waals surface area contributed by atoms with Crippen LogP contribution in [0, 0.1) is 10.1 Å². The van der Waals surface area contributed by atoms with Gasteiger partial charge in [0.15, 0.2) is 0 Å². The second kappa shape index (κ2) is 5.94. The Kier molecular flexibility index (Phi) is 4.57. The van der Waals surface area contributed by atoms with Crippen molar-refractivity contribution in [1.29, 1.82) is 0 Å². The highest BCUT2D eigenvalue weighted by Gasteiger charge is 2.18. The maximum Gasteiger partial charge on any atom is 0.338 e. The SMILES string of the molecule is CCOC(=O)c1cc(N(C)C(C)=O)cc([N+](=O)[O-])c1. The van der Waals surface area contributed by atoms with E-state index < -0.39 is 10.9 Å². The smallest absolute Gasteiger partial charge is 0.338 e. The largest absolute Gasteiger partial charge is 0.462 e. The van der Waals surface area contributed by atoms with E-state index in [1.54, 1.807) is 6.92 Å². The van der Waals surface area contributed by atoms with E-state index in [-0.39, 0.29) is 29.5 Å². The highest BCUT2D eigenvalue weighted by atomic mass is 16.6. The predicted molar refractivity (Wildman–Crippen MR) is 68.1 cm³/mol. The predicted octanol–water partition coefficient (Wildman–Crippen LogP) is 1.75. The molecule has 1 rings (SSSR count). The number of carbonyl (C=O) groups is 2. The van der Waals surface area contributed by atoms with Crippen LogP contribution in [0.5, 0.6) is 0 Å². The Bertz CT molecular complexity index is 527. The van der Waals surface area contributed by atoms with E-state index in [9.17, 15) is 19.7 Å². The van der Waals surface area contributed by atoms with Crippen molar-refractivity contribution in [3.63, 3.8) is 0 Å². The third-order valence-corrected chi connectivity index (χ3v) is 2.48. The minimum Gasteiger partial charge on any atom is -0.462 e. The minimum absolute atomic E-state index is 0.0409. The number of carbonyl (C=O) groups excluding carboxylic acids is 2. The molecule has 0 heterocycles. The van der Waals surface area contributed by atoms with Gasteiger partial charge in [-0.05, 0) is 13.0 Å². The molecule has 19 heavy (non-hydrogen) atoms. The van der Waals surface area contributed by atoms with E-state index >= 15 is 0 Å². The number of non-ortho nitro benzene ring substituents is 1. The van der Waals surface area contributed by atoms with Gasteiger partial charge in [-0.25, -0.2) is 4.79 Å². The van der Waals surface area contributed by atoms with Crippen molar-refractivity contribution in [2.24, 2.45) is 0 Å². The summed E-state index contributed by atoms with van der Waals surface area (Å²) in [6.45, 7) is 3.13. The van der Waals surface area contributed by atoms with E-state index in [0.29, 0.717) is 0 Å². The summed E-state index contributed by atoms with van der Waals surface area (Å²) in [7, 11) is 1.47. The van der Waals surface area contributed by atoms with Gasteiger partial charge in [0.1, 0.15) is 0 Å². The van der Waals surface area contributed by atoms with Crippen LogP contribution in [0.2, 0.25) is 0 Å². The van der Waals surface area contributed by atoms with Gasteiger partial charge < -0.3 is 9.64 Å². The van der Waals surface area contributed by atoms with Crippen molar-refractivity contribution in [1.82, 2.24) is 0 Å². The third kappa shape index (κ3) is 3.51. The minimum atomic E-state index is -0.663. The number of esters is 1. The molecule has 0 spiro atoms. The van der Waals surface area contributed by atoms with Crippen molar-refractivity contribution in [2.75, 3.05) is 18.6 Å². The van der Waals surface area contributed by atoms with Crippen molar-refractivity contribution < 1.29 is 19.2 Å². The Morgan fingerprint density at radius 1 is 1.37 bits per heavy atom. The molecule has 0 unspecified atom stereocenters. The van der Waals surface area contributed by atoms with Gasteiger partial charge in [0.25, 0.3) is 5.69 Å². The third-order valence-electron chi connectivity index (χ3n) is 2.48. The fourth-order valence-corrected chi connectivity index (χ4v) is 1.41. The molecule has 0 atom stereocenters. The zero-order valence-corrected chi connectivity index (χ0v) is 10.9. The molecule has 0 fully saturated rings. The topological polar surface area (TPSA) is 89.8 Å². The molecule has 0 N–H and O–H groups in total. The Labute approximate surface area is 109 Å². The molecule has 0 aromatic heterocycles. The number of nitro groups is 1. The van der Waals surface area contributed by atoms with Gasteiger partial charge in [-0.2, -0.15) is 0 Å². The number of ether oxygens (including phenoxy) is 1. The van der Waals surface area contributed by atoms with Crippen LogP contribution in [0.1, 0.15) is 24.2 Å². The number of rotatable bonds is 4. The first-order valence-electron chi connectivity index (χ1n) is 5.57. The lowest BCUT2D eigenvalue weighted by Crippen LogP contribution is -2.23. The highest BCUT2D eigenvalue weighted by molar-refractivity contribution is 5.95. The number of benzene rings is 1. The lowest BCUT2D eigenvalue weighted by molar-refractivity contribution is -0.384. The van der Waals surface area contributed by atoms with Crippen molar-refractivity contribution in [3.05, 3.63) is 33.9 Å². The summed E-state index contributed by atoms with van der Waals surface area (Å²) in [5, 5.41) is 10.8. The molecule has 0 aliphatic heterocycles. The fourth-order valence-electron chi connectivity index (χ4n) is 1.41. The van der Waals surface area contributed by atoms with Crippen molar-refractivity contribution in [3.8, 4) is 0 Å². The van der Waals surface area contributed by atoms with Gasteiger partial charge >= 0.3 is 5.97 Å². The standard InChI is InChI=1S/C12H14N2O5/c1-4-19-12(16)9-5-10(13(3)8(2)15)7-11(6-9)14(17)18/h5-7H,4H2,1-3H3. The van der Waals surface area contributed by atoms with Gasteiger partial charge in [0.2, 0.25) is 5.91 Å². The zero-order valence-electron chi connectivity index (χ0n) is 10.9. The number of anilines is 1. The van der Waals surface area contributed by atoms with E-state index in [1.807, 2.05) is 0 Å². The highest BCUT2D eigenvalue weighted by Crippen LogP contribution is 2.24. The first-order chi connectivity index (χ1) is 8.86. The molecule has 0 bridgehead atoms. The van der Waals surface area contributed by atoms with Crippen LogP contribution in [-0.2, 0) is 9.53 Å². The maximum atomic E-state index is 11.6. The second-order valence-electron chi connectivity index (χ2n) is 3.79. The average molecular weight is 266 g/mol. The van der Waals surface area contributed by atoms with Gasteiger partial charge in [-0.15, -0.1) is 0 Å². The Morgan fingerprint density at radius 2 is 2.00 bits per heavy atom. The molecule has 0 saturated heterocycles. The normalized spacial score (nSPS) is 9.84. The fraction of sp³-hybridized carbons (Fsp3) is 0.333. The van der Waals surface area contributed by atoms with Gasteiger partial charge in [0, 0.05) is 26.1 Å². The van der Waals surface area contributed by atoms with Crippen LogP contribution < -0.4 is 4.90 Å². The lowest BCUT2D eigenvalue weighted by atomic mass is 10.1. The zero-order chi connectivity index (χ0) is 14.6. The summed E-state index contributed by atoms with van der Waals surface area (Å²) in [5.74, 6) is -0.959. The van der Waals surface area contributed by atoms with Crippen LogP contribution in [-0.4, -0.2) is 30.5 Å². The van der Waals surface area contributed by atoms with E-state index in [1.165, 1.54) is 31.0 Å². The Morgan fingerprint density at radius 3 is 2.47 bits per heavy atom. The molecule has 1 amide bonds. The van der Waals surface area contributed by atoms with E-state index in [0.717, 1.165) is 6.07 Å². The maximum absolute atomic E-state index is 11.6. The summed E-state index contributed by atoms with van der Waals surface area (Å²) in [4.78, 5) is 34.3. The number of hydrogen-bond donors (Lipinski definition) is 0. The Balaban J connectivity index is 3.29. The van der Waals surface area contributed by atoms with Crippen molar-refractivity contribution in [2.45, 2.75) is 13.8 Å². The van der Waals surface area contributed by atoms with E-state index in [2.05, 4.69) is 0 Å². The average Bonchev–Trinajstić information content (AvgIpc) is 2.37. The molecule has 0 saturated carbocycles. The molecular formula is C12H14N2O5. The Hall–Kier alpha value is -2.44. The van der Waals surface area contributed by atoms with Gasteiger partial charge in [0.05, 0.1) is 22.8 Å². The number of hydrogen-bond acceptors (Lipinski definition) is 5. The van der Waals surface area contributed by atoms with Gasteiger partial charge in [-0.3, -0.25) is 14.9 Å². The van der Waals surface area contributed by atoms with Crippen LogP contribution in [0.15, 0.2) is 18.2 Å². The van der Waals surface area contributed by atoms with Crippen LogP contribution in [0.4, 0.5) is 11.4 Å². The van der Waals surface area contributed by atoms with Crippen molar-refractivity contribution >= 4 is 23.3 Å². The van der Waals surface area contributed by atoms with Crippen LogP contribution in [0.3, 0.4) is 0 Å². The lowest BCUT2D eigenvalue weighted by Gasteiger charge is -2.15. The van der Waals surface area contributed by atoms with Gasteiger partial charge in [-0.1, -0.05) is 0 Å². The molecule has 0 aliphatic rings.